The number of hydrogen-bond donors (Lipinski definition) is 3. The number of Topliss-reactive ketones (excluding diaryl/α,β-unsaturated/α-hetero) is 1. The van der Waals surface area contributed by atoms with Gasteiger partial charge in [0.15, 0.2) is 0 Å². The fourth-order valence-electron chi connectivity index (χ4n) is 4.16. The second-order valence-electron chi connectivity index (χ2n) is 10.0. The number of amides is 1. The van der Waals surface area contributed by atoms with Crippen molar-refractivity contribution < 1.29 is 33.4 Å². The molecule has 1 aliphatic rings. The summed E-state index contributed by atoms with van der Waals surface area (Å²) in [7, 11) is 7.05. The van der Waals surface area contributed by atoms with Gasteiger partial charge in [-0.1, -0.05) is 69.3 Å². The summed E-state index contributed by atoms with van der Waals surface area (Å²) < 4.78 is 15.5. The summed E-state index contributed by atoms with van der Waals surface area (Å²) in [4.78, 5) is 45.5. The Balaban J connectivity index is 0.000000406. The lowest BCUT2D eigenvalue weighted by atomic mass is 9.98. The van der Waals surface area contributed by atoms with Gasteiger partial charge in [-0.05, 0) is 43.4 Å². The number of ketones is 1. The van der Waals surface area contributed by atoms with Gasteiger partial charge < -0.3 is 30.2 Å². The van der Waals surface area contributed by atoms with E-state index in [4.69, 9.17) is 14.2 Å². The topological polar surface area (TPSA) is 132 Å². The van der Waals surface area contributed by atoms with E-state index in [0.717, 1.165) is 0 Å². The van der Waals surface area contributed by atoms with Crippen LogP contribution in [-0.4, -0.2) is 89.4 Å². The Morgan fingerprint density at radius 2 is 1.36 bits per heavy atom. The molecule has 0 bridgehead atoms. The Bertz CT molecular complexity index is 1130. The predicted molar refractivity (Wildman–Crippen MR) is 176 cm³/mol. The van der Waals surface area contributed by atoms with Gasteiger partial charge in [0, 0.05) is 43.2 Å². The van der Waals surface area contributed by atoms with Crippen LogP contribution < -0.4 is 16.0 Å². The zero-order valence-electron chi connectivity index (χ0n) is 27.1. The molecular weight excluding hydrogens is 582 g/mol. The number of thioether (sulfide) groups is 1. The Labute approximate surface area is 266 Å². The van der Waals surface area contributed by atoms with Crippen LogP contribution in [0.4, 0.5) is 4.79 Å². The molecule has 2 atom stereocenters. The van der Waals surface area contributed by atoms with Crippen LogP contribution in [0.5, 0.6) is 0 Å². The van der Waals surface area contributed by atoms with Crippen molar-refractivity contribution in [1.82, 2.24) is 16.0 Å². The predicted octanol–water partition coefficient (Wildman–Crippen LogP) is 4.41. The lowest BCUT2D eigenvalue weighted by Crippen LogP contribution is -2.29. The lowest BCUT2D eigenvalue weighted by Gasteiger charge is -2.18. The maximum Gasteiger partial charge on any atom is 0.406 e. The van der Waals surface area contributed by atoms with Crippen molar-refractivity contribution in [3.63, 3.8) is 0 Å². The highest BCUT2D eigenvalue weighted by Crippen LogP contribution is 2.44. The molecule has 1 aliphatic carbocycles. The SMILES string of the molecule is CCC(=O)OC[C@@H](CSC[C@H](C)C(=O)CNC)OC(=O)CC.CNC.CNC(=O)OCC1c2ccccc2-c2ccccc21. The van der Waals surface area contributed by atoms with Crippen molar-refractivity contribution >= 4 is 35.6 Å². The minimum absolute atomic E-state index is 0.0598. The number of ether oxygens (including phenoxy) is 3. The van der Waals surface area contributed by atoms with Gasteiger partial charge >= 0.3 is 18.0 Å². The Hall–Kier alpha value is -3.41. The summed E-state index contributed by atoms with van der Waals surface area (Å²) in [6.07, 6.45) is -0.293. The van der Waals surface area contributed by atoms with Crippen LogP contribution in [0.2, 0.25) is 0 Å². The number of alkyl carbamates (subject to hydrolysis) is 1. The number of hydrogen-bond acceptors (Lipinski definition) is 10. The van der Waals surface area contributed by atoms with E-state index in [1.54, 1.807) is 27.9 Å². The quantitative estimate of drug-likeness (QED) is 0.204. The van der Waals surface area contributed by atoms with Crippen LogP contribution in [0.3, 0.4) is 0 Å². The summed E-state index contributed by atoms with van der Waals surface area (Å²) >= 11 is 1.52. The normalized spacial score (nSPS) is 12.5. The maximum atomic E-state index is 11.7. The van der Waals surface area contributed by atoms with Crippen LogP contribution in [0.25, 0.3) is 11.1 Å². The van der Waals surface area contributed by atoms with E-state index in [2.05, 4.69) is 40.2 Å². The largest absolute Gasteiger partial charge is 0.462 e. The monoisotopic (exact) mass is 631 g/mol. The first kappa shape index (κ1) is 38.6. The zero-order valence-corrected chi connectivity index (χ0v) is 27.9. The van der Waals surface area contributed by atoms with Gasteiger partial charge in [0.2, 0.25) is 0 Å². The first-order chi connectivity index (χ1) is 21.2. The summed E-state index contributed by atoms with van der Waals surface area (Å²) in [6.45, 7) is 6.07. The molecule has 0 heterocycles. The summed E-state index contributed by atoms with van der Waals surface area (Å²) in [6, 6.07) is 16.6. The molecule has 0 radical (unpaired) electrons. The first-order valence-corrected chi connectivity index (χ1v) is 16.0. The molecule has 0 unspecified atom stereocenters. The van der Waals surface area contributed by atoms with Crippen LogP contribution in [-0.2, 0) is 28.6 Å². The number of likely N-dealkylation sites (N-methyl/N-ethyl adjacent to an activating group) is 1. The van der Waals surface area contributed by atoms with E-state index in [9.17, 15) is 19.2 Å². The number of esters is 2. The van der Waals surface area contributed by atoms with Crippen molar-refractivity contribution in [2.24, 2.45) is 5.92 Å². The molecule has 0 fully saturated rings. The van der Waals surface area contributed by atoms with Crippen molar-refractivity contribution in [3.8, 4) is 11.1 Å². The van der Waals surface area contributed by atoms with E-state index in [0.29, 0.717) is 24.7 Å². The first-order valence-electron chi connectivity index (χ1n) is 14.9. The Morgan fingerprint density at radius 1 is 0.818 bits per heavy atom. The highest BCUT2D eigenvalue weighted by Gasteiger charge is 2.28. The third-order valence-corrected chi connectivity index (χ3v) is 7.77. The average molecular weight is 632 g/mol. The fourth-order valence-corrected chi connectivity index (χ4v) is 5.26. The Kier molecular flexibility index (Phi) is 19.4. The average Bonchev–Trinajstić information content (AvgIpc) is 3.36. The van der Waals surface area contributed by atoms with E-state index in [1.807, 2.05) is 45.3 Å². The standard InChI is InChI=1S/C16H15NO2.C15H27NO5S.C2H7N/c1-17-16(18)19-10-15-13-8-4-2-6-11(13)12-7-3-5-9-14(12)15;1-5-14(18)20-8-12(21-15(19)6-2)10-22-9-11(3)13(17)7-16-4;1-3-2/h2-9,15H,10H2,1H3,(H,17,18);11-12,16H,5-10H2,1-4H3;3H,1-2H3/t;11-,12-;/m.0./s1. The molecule has 11 heteroatoms. The molecule has 3 rings (SSSR count). The second kappa shape index (κ2) is 22.2. The Morgan fingerprint density at radius 3 is 1.86 bits per heavy atom. The molecule has 2 aromatic carbocycles. The zero-order chi connectivity index (χ0) is 32.9. The number of rotatable bonds is 14. The maximum absolute atomic E-state index is 11.7. The van der Waals surface area contributed by atoms with Crippen LogP contribution in [0.15, 0.2) is 48.5 Å². The summed E-state index contributed by atoms with van der Waals surface area (Å²) in [5, 5.41) is 8.06. The van der Waals surface area contributed by atoms with Crippen LogP contribution >= 0.6 is 11.8 Å². The van der Waals surface area contributed by atoms with Crippen LogP contribution in [0, 0.1) is 5.92 Å². The third-order valence-electron chi connectivity index (χ3n) is 6.43. The van der Waals surface area contributed by atoms with Gasteiger partial charge in [0.1, 0.15) is 25.1 Å². The number of carbonyl (C=O) groups is 4. The molecule has 1 amide bonds. The molecule has 44 heavy (non-hydrogen) atoms. The summed E-state index contributed by atoms with van der Waals surface area (Å²) in [5.41, 5.74) is 4.94. The molecule has 2 aromatic rings. The molecular formula is C33H49N3O7S. The van der Waals surface area contributed by atoms with Gasteiger partial charge in [-0.2, -0.15) is 11.8 Å². The lowest BCUT2D eigenvalue weighted by molar-refractivity contribution is -0.157. The van der Waals surface area contributed by atoms with E-state index < -0.39 is 6.10 Å². The number of nitrogens with one attached hydrogen (secondary N) is 3. The molecule has 10 nitrogen and oxygen atoms in total. The molecule has 0 spiro atoms. The molecule has 0 saturated heterocycles. The van der Waals surface area contributed by atoms with E-state index >= 15 is 0 Å². The smallest absolute Gasteiger partial charge is 0.406 e. The van der Waals surface area contributed by atoms with Crippen molar-refractivity contribution in [3.05, 3.63) is 59.7 Å². The highest BCUT2D eigenvalue weighted by atomic mass is 32.2. The van der Waals surface area contributed by atoms with Gasteiger partial charge in [0.05, 0.1) is 6.54 Å². The van der Waals surface area contributed by atoms with Gasteiger partial charge in [-0.15, -0.1) is 0 Å². The van der Waals surface area contributed by atoms with Crippen LogP contribution in [0.1, 0.15) is 50.7 Å². The summed E-state index contributed by atoms with van der Waals surface area (Å²) in [5.74, 6) is 0.706. The number of benzene rings is 2. The molecule has 244 valence electrons. The number of carbonyl (C=O) groups excluding carboxylic acids is 4. The second-order valence-corrected chi connectivity index (χ2v) is 11.1. The van der Waals surface area contributed by atoms with E-state index in [-0.39, 0.29) is 55.1 Å². The van der Waals surface area contributed by atoms with Crippen molar-refractivity contribution in [2.75, 3.05) is 59.5 Å². The molecule has 0 aromatic heterocycles. The highest BCUT2D eigenvalue weighted by molar-refractivity contribution is 7.99. The molecule has 0 saturated carbocycles. The molecule has 3 N–H and O–H groups in total. The van der Waals surface area contributed by atoms with Gasteiger partial charge in [-0.3, -0.25) is 14.4 Å². The minimum atomic E-state index is -0.473. The minimum Gasteiger partial charge on any atom is -0.462 e. The fraction of sp³-hybridized carbons (Fsp3) is 0.515. The van der Waals surface area contributed by atoms with E-state index in [1.165, 1.54) is 34.0 Å². The number of fused-ring (bicyclic) bond motifs is 3. The third kappa shape index (κ3) is 13.5. The molecule has 0 aliphatic heterocycles. The van der Waals surface area contributed by atoms with Gasteiger partial charge in [-0.25, -0.2) is 4.79 Å². The van der Waals surface area contributed by atoms with Crippen molar-refractivity contribution in [2.45, 2.75) is 45.6 Å². The van der Waals surface area contributed by atoms with Crippen molar-refractivity contribution in [1.29, 1.82) is 0 Å². The van der Waals surface area contributed by atoms with Gasteiger partial charge in [0.25, 0.3) is 0 Å².